The largest absolute Gasteiger partial charge is 0.465 e. The highest BCUT2D eigenvalue weighted by atomic mass is 16.5. The number of hydrogen-bond donors (Lipinski definition) is 0. The van der Waals surface area contributed by atoms with Crippen LogP contribution in [0.3, 0.4) is 0 Å². The molecule has 164 valence electrons. The molecule has 1 aromatic carbocycles. The van der Waals surface area contributed by atoms with E-state index in [1.54, 1.807) is 0 Å². The third kappa shape index (κ3) is 2.96. The minimum atomic E-state index is -0.293. The molecule has 4 aliphatic rings. The minimum absolute atomic E-state index is 0.147. The third-order valence-electron chi connectivity index (χ3n) is 8.11. The summed E-state index contributed by atoms with van der Waals surface area (Å²) in [4.78, 5) is 25.1. The quantitative estimate of drug-likeness (QED) is 0.549. The number of ketones is 1. The second-order valence-electron chi connectivity index (χ2n) is 9.79. The SMILES string of the molecule is COC(=O)C1=CC=C2C1=Cn1c(cc3cccc(C4CCCCC4)c31)C1CC(=O)CCC21. The predicted molar refractivity (Wildman–Crippen MR) is 125 cm³/mol. The van der Waals surface area contributed by atoms with Gasteiger partial charge in [0.2, 0.25) is 0 Å². The van der Waals surface area contributed by atoms with E-state index in [0.717, 1.165) is 12.0 Å². The molecular formula is C28H29NO3. The Morgan fingerprint density at radius 3 is 2.72 bits per heavy atom. The van der Waals surface area contributed by atoms with Gasteiger partial charge in [-0.25, -0.2) is 4.79 Å². The van der Waals surface area contributed by atoms with Gasteiger partial charge in [0.1, 0.15) is 5.78 Å². The number of esters is 1. The van der Waals surface area contributed by atoms with Crippen LogP contribution < -0.4 is 0 Å². The van der Waals surface area contributed by atoms with E-state index in [0.29, 0.717) is 30.1 Å². The monoisotopic (exact) mass is 427 g/mol. The summed E-state index contributed by atoms with van der Waals surface area (Å²) in [7, 11) is 1.44. The summed E-state index contributed by atoms with van der Waals surface area (Å²) in [6.45, 7) is 0. The Hall–Kier alpha value is -2.88. The van der Waals surface area contributed by atoms with Gasteiger partial charge >= 0.3 is 5.97 Å². The molecule has 2 aromatic rings. The molecule has 2 heterocycles. The van der Waals surface area contributed by atoms with Crippen molar-refractivity contribution in [3.63, 3.8) is 0 Å². The van der Waals surface area contributed by atoms with Crippen molar-refractivity contribution in [3.8, 4) is 0 Å². The molecule has 2 saturated carbocycles. The highest BCUT2D eigenvalue weighted by Crippen LogP contribution is 2.50. The molecule has 4 nitrogen and oxygen atoms in total. The summed E-state index contributed by atoms with van der Waals surface area (Å²) in [5.74, 6) is 1.03. The van der Waals surface area contributed by atoms with Crippen LogP contribution in [0, 0.1) is 5.92 Å². The van der Waals surface area contributed by atoms with Gasteiger partial charge in [0, 0.05) is 41.6 Å². The lowest BCUT2D eigenvalue weighted by Gasteiger charge is -2.31. The first-order valence-corrected chi connectivity index (χ1v) is 12.0. The summed E-state index contributed by atoms with van der Waals surface area (Å²) in [5, 5.41) is 1.24. The number of ether oxygens (including phenoxy) is 1. The molecule has 1 aromatic heterocycles. The number of methoxy groups -OCH3 is 1. The van der Waals surface area contributed by atoms with E-state index < -0.39 is 0 Å². The van der Waals surface area contributed by atoms with Crippen LogP contribution in [0.25, 0.3) is 17.1 Å². The van der Waals surface area contributed by atoms with Crippen LogP contribution in [-0.4, -0.2) is 23.4 Å². The lowest BCUT2D eigenvalue weighted by molar-refractivity contribution is -0.135. The summed E-state index contributed by atoms with van der Waals surface area (Å²) >= 11 is 0. The molecular weight excluding hydrogens is 398 g/mol. The first-order valence-electron chi connectivity index (χ1n) is 12.0. The number of para-hydroxylation sites is 1. The lowest BCUT2D eigenvalue weighted by Crippen LogP contribution is -2.25. The van der Waals surface area contributed by atoms with Crippen LogP contribution >= 0.6 is 0 Å². The van der Waals surface area contributed by atoms with Crippen molar-refractivity contribution in [2.75, 3.05) is 7.11 Å². The van der Waals surface area contributed by atoms with E-state index in [4.69, 9.17) is 4.74 Å². The Bertz CT molecular complexity index is 1220. The van der Waals surface area contributed by atoms with Gasteiger partial charge < -0.3 is 9.30 Å². The Labute approximate surface area is 188 Å². The molecule has 0 amide bonds. The topological polar surface area (TPSA) is 48.3 Å². The maximum Gasteiger partial charge on any atom is 0.338 e. The predicted octanol–water partition coefficient (Wildman–Crippen LogP) is 6.04. The van der Waals surface area contributed by atoms with E-state index in [9.17, 15) is 9.59 Å². The number of carbonyl (C=O) groups excluding carboxylic acids is 2. The van der Waals surface area contributed by atoms with Crippen molar-refractivity contribution in [1.82, 2.24) is 4.57 Å². The highest BCUT2D eigenvalue weighted by Gasteiger charge is 2.40. The molecule has 6 rings (SSSR count). The molecule has 0 radical (unpaired) electrons. The van der Waals surface area contributed by atoms with Gasteiger partial charge in [-0.3, -0.25) is 4.79 Å². The van der Waals surface area contributed by atoms with Gasteiger partial charge in [0.15, 0.2) is 0 Å². The standard InChI is InChI=1S/C28H29NO3/c1-32-28(31)23-13-12-22-21-11-10-19(30)15-24(21)26-14-18-8-5-9-20(17-6-3-2-4-7-17)27(18)29(26)16-25(22)23/h5,8-9,12-14,16-17,21,24H,2-4,6-7,10-11,15H2,1H3. The molecule has 0 spiro atoms. The van der Waals surface area contributed by atoms with Crippen molar-refractivity contribution in [3.05, 3.63) is 64.4 Å². The molecule has 4 heteroatoms. The molecule has 2 atom stereocenters. The second-order valence-corrected chi connectivity index (χ2v) is 9.79. The van der Waals surface area contributed by atoms with E-state index >= 15 is 0 Å². The van der Waals surface area contributed by atoms with Gasteiger partial charge in [-0.05, 0) is 54.4 Å². The number of Topliss-reactive ketones (excluding diaryl/α,β-unsaturated/α-hetero) is 1. The molecule has 0 saturated heterocycles. The zero-order chi connectivity index (χ0) is 21.8. The van der Waals surface area contributed by atoms with Gasteiger partial charge in [-0.1, -0.05) is 43.5 Å². The van der Waals surface area contributed by atoms with E-state index in [1.807, 2.05) is 6.08 Å². The van der Waals surface area contributed by atoms with Crippen LogP contribution in [0.4, 0.5) is 0 Å². The van der Waals surface area contributed by atoms with Crippen molar-refractivity contribution >= 4 is 28.9 Å². The van der Waals surface area contributed by atoms with Crippen LogP contribution in [0.15, 0.2) is 53.1 Å². The number of allylic oxidation sites excluding steroid dienone is 3. The molecule has 0 N–H and O–H groups in total. The molecule has 0 bridgehead atoms. The zero-order valence-electron chi connectivity index (χ0n) is 18.6. The number of fused-ring (bicyclic) bond motifs is 7. The number of carbonyl (C=O) groups is 2. The molecule has 2 fully saturated rings. The molecule has 32 heavy (non-hydrogen) atoms. The average Bonchev–Trinajstić information content (AvgIpc) is 3.38. The number of benzene rings is 1. The fourth-order valence-electron chi connectivity index (χ4n) is 6.58. The first-order chi connectivity index (χ1) is 15.7. The van der Waals surface area contributed by atoms with E-state index in [2.05, 4.69) is 41.1 Å². The normalized spacial score (nSPS) is 25.3. The lowest BCUT2D eigenvalue weighted by atomic mass is 9.72. The van der Waals surface area contributed by atoms with Crippen molar-refractivity contribution in [2.45, 2.75) is 63.2 Å². The molecule has 3 aliphatic carbocycles. The molecule has 1 aliphatic heterocycles. The van der Waals surface area contributed by atoms with Crippen molar-refractivity contribution in [2.24, 2.45) is 5.92 Å². The summed E-state index contributed by atoms with van der Waals surface area (Å²) in [6.07, 6.45) is 14.6. The van der Waals surface area contributed by atoms with Gasteiger partial charge in [0.25, 0.3) is 0 Å². The second kappa shape index (κ2) is 7.61. The number of nitrogens with zero attached hydrogens (tertiary/aromatic N) is 1. The summed E-state index contributed by atoms with van der Waals surface area (Å²) in [5.41, 5.74) is 6.68. The fraction of sp³-hybridized carbons (Fsp3) is 0.429. The first kappa shape index (κ1) is 19.8. The maximum atomic E-state index is 12.6. The van der Waals surface area contributed by atoms with E-state index in [1.165, 1.54) is 66.9 Å². The number of aromatic nitrogens is 1. The van der Waals surface area contributed by atoms with E-state index in [-0.39, 0.29) is 17.8 Å². The smallest absolute Gasteiger partial charge is 0.338 e. The highest BCUT2D eigenvalue weighted by molar-refractivity contribution is 5.99. The average molecular weight is 428 g/mol. The van der Waals surface area contributed by atoms with Crippen LogP contribution in [0.5, 0.6) is 0 Å². The fourth-order valence-corrected chi connectivity index (χ4v) is 6.58. The summed E-state index contributed by atoms with van der Waals surface area (Å²) in [6, 6.07) is 8.98. The summed E-state index contributed by atoms with van der Waals surface area (Å²) < 4.78 is 7.44. The zero-order valence-corrected chi connectivity index (χ0v) is 18.6. The Morgan fingerprint density at radius 1 is 1.06 bits per heavy atom. The Balaban J connectivity index is 1.59. The van der Waals surface area contributed by atoms with Gasteiger partial charge in [-0.15, -0.1) is 0 Å². The number of hydrogen-bond acceptors (Lipinski definition) is 3. The van der Waals surface area contributed by atoms with Crippen LogP contribution in [-0.2, 0) is 14.3 Å². The third-order valence-corrected chi connectivity index (χ3v) is 8.11. The van der Waals surface area contributed by atoms with Crippen molar-refractivity contribution < 1.29 is 14.3 Å². The number of rotatable bonds is 2. The Kier molecular flexibility index (Phi) is 4.71. The van der Waals surface area contributed by atoms with Crippen LogP contribution in [0.2, 0.25) is 0 Å². The Morgan fingerprint density at radius 2 is 1.91 bits per heavy atom. The van der Waals surface area contributed by atoms with Crippen molar-refractivity contribution in [1.29, 1.82) is 0 Å². The van der Waals surface area contributed by atoms with Crippen LogP contribution in [0.1, 0.15) is 74.5 Å². The molecule has 2 unspecified atom stereocenters. The maximum absolute atomic E-state index is 12.6. The minimum Gasteiger partial charge on any atom is -0.465 e. The van der Waals surface area contributed by atoms with Gasteiger partial charge in [0.05, 0.1) is 18.2 Å². The van der Waals surface area contributed by atoms with Gasteiger partial charge in [-0.2, -0.15) is 0 Å².